The molecule has 1 aliphatic heterocycles. The first-order valence-corrected chi connectivity index (χ1v) is 7.32. The van der Waals surface area contributed by atoms with Gasteiger partial charge in [-0.25, -0.2) is 0 Å². The van der Waals surface area contributed by atoms with Gasteiger partial charge in [0.2, 0.25) is 5.91 Å². The summed E-state index contributed by atoms with van der Waals surface area (Å²) < 4.78 is 6.09. The van der Waals surface area contributed by atoms with Crippen molar-refractivity contribution in [2.75, 3.05) is 25.5 Å². The number of nitrogens with one attached hydrogen (secondary N) is 2. The average molecular weight is 327 g/mol. The third-order valence-electron chi connectivity index (χ3n) is 3.31. The highest BCUT2D eigenvalue weighted by atomic mass is 79.9. The van der Waals surface area contributed by atoms with E-state index < -0.39 is 0 Å². The Hall–Kier alpha value is -1.07. The Morgan fingerprint density at radius 3 is 3.11 bits per heavy atom. The molecule has 1 heterocycles. The lowest BCUT2D eigenvalue weighted by molar-refractivity contribution is -0.117. The topological polar surface area (TPSA) is 50.4 Å². The summed E-state index contributed by atoms with van der Waals surface area (Å²) in [6.07, 6.45) is 2.86. The van der Waals surface area contributed by atoms with Crippen molar-refractivity contribution in [3.8, 4) is 5.75 Å². The summed E-state index contributed by atoms with van der Waals surface area (Å²) in [7, 11) is 1.61. The highest BCUT2D eigenvalue weighted by molar-refractivity contribution is 9.10. The number of hydrogen-bond acceptors (Lipinski definition) is 3. The van der Waals surface area contributed by atoms with E-state index in [1.807, 2.05) is 18.2 Å². The molecule has 1 atom stereocenters. The average Bonchev–Trinajstić information content (AvgIpc) is 2.42. The van der Waals surface area contributed by atoms with Crippen LogP contribution in [0, 0.1) is 5.92 Å². The molecule has 19 heavy (non-hydrogen) atoms. The second-order valence-electron chi connectivity index (χ2n) is 4.81. The van der Waals surface area contributed by atoms with E-state index in [1.165, 1.54) is 0 Å². The number of carbonyl (C=O) groups is 1. The number of carbonyl (C=O) groups excluding carboxylic acids is 1. The Morgan fingerprint density at radius 1 is 1.58 bits per heavy atom. The molecule has 0 bridgehead atoms. The first-order chi connectivity index (χ1) is 9.19. The van der Waals surface area contributed by atoms with E-state index in [2.05, 4.69) is 26.6 Å². The Bertz CT molecular complexity index is 445. The summed E-state index contributed by atoms with van der Waals surface area (Å²) in [5.41, 5.74) is 0.772. The van der Waals surface area contributed by atoms with Crippen LogP contribution in [-0.2, 0) is 4.79 Å². The maximum atomic E-state index is 12.0. The number of amides is 1. The number of methoxy groups -OCH3 is 1. The van der Waals surface area contributed by atoms with Crippen molar-refractivity contribution in [2.45, 2.75) is 19.3 Å². The molecular formula is C14H19BrN2O2. The molecule has 4 nitrogen and oxygen atoms in total. The number of anilines is 1. The molecule has 104 valence electrons. The van der Waals surface area contributed by atoms with Crippen LogP contribution in [-0.4, -0.2) is 26.1 Å². The summed E-state index contributed by atoms with van der Waals surface area (Å²) in [5, 5.41) is 6.25. The first-order valence-electron chi connectivity index (χ1n) is 6.53. The molecule has 1 amide bonds. The summed E-state index contributed by atoms with van der Waals surface area (Å²) in [6, 6.07) is 5.56. The number of ether oxygens (including phenoxy) is 1. The minimum Gasteiger partial charge on any atom is -0.495 e. The second-order valence-corrected chi connectivity index (χ2v) is 5.67. The van der Waals surface area contributed by atoms with E-state index in [0.29, 0.717) is 12.3 Å². The monoisotopic (exact) mass is 326 g/mol. The van der Waals surface area contributed by atoms with Crippen LogP contribution >= 0.6 is 15.9 Å². The quantitative estimate of drug-likeness (QED) is 0.894. The summed E-state index contributed by atoms with van der Waals surface area (Å²) in [5.74, 6) is 1.24. The van der Waals surface area contributed by atoms with Gasteiger partial charge in [0.05, 0.1) is 11.6 Å². The van der Waals surface area contributed by atoms with Gasteiger partial charge in [-0.2, -0.15) is 0 Å². The van der Waals surface area contributed by atoms with Crippen LogP contribution in [0.5, 0.6) is 5.75 Å². The lowest BCUT2D eigenvalue weighted by atomic mass is 9.96. The van der Waals surface area contributed by atoms with Crippen molar-refractivity contribution < 1.29 is 9.53 Å². The zero-order valence-corrected chi connectivity index (χ0v) is 12.6. The number of rotatable bonds is 4. The van der Waals surface area contributed by atoms with E-state index in [0.717, 1.165) is 41.8 Å². The maximum Gasteiger partial charge on any atom is 0.224 e. The summed E-state index contributed by atoms with van der Waals surface area (Å²) in [4.78, 5) is 12.0. The summed E-state index contributed by atoms with van der Waals surface area (Å²) in [6.45, 7) is 2.01. The molecule has 0 radical (unpaired) electrons. The van der Waals surface area contributed by atoms with Crippen LogP contribution in [0.1, 0.15) is 19.3 Å². The molecule has 0 aromatic heterocycles. The van der Waals surface area contributed by atoms with E-state index in [4.69, 9.17) is 4.74 Å². The third-order valence-corrected chi connectivity index (χ3v) is 3.96. The molecule has 0 aliphatic carbocycles. The molecule has 0 spiro atoms. The van der Waals surface area contributed by atoms with Crippen molar-refractivity contribution in [1.82, 2.24) is 5.32 Å². The number of piperidine rings is 1. The smallest absolute Gasteiger partial charge is 0.224 e. The van der Waals surface area contributed by atoms with Crippen molar-refractivity contribution in [3.63, 3.8) is 0 Å². The lowest BCUT2D eigenvalue weighted by Gasteiger charge is -2.22. The van der Waals surface area contributed by atoms with Gasteiger partial charge in [0.15, 0.2) is 0 Å². The molecular weight excluding hydrogens is 308 g/mol. The molecule has 0 saturated carbocycles. The summed E-state index contributed by atoms with van der Waals surface area (Å²) >= 11 is 3.39. The second kappa shape index (κ2) is 6.91. The van der Waals surface area contributed by atoms with Crippen molar-refractivity contribution in [3.05, 3.63) is 22.7 Å². The predicted octanol–water partition coefficient (Wildman–Crippen LogP) is 2.79. The lowest BCUT2D eigenvalue weighted by Crippen LogP contribution is -2.32. The fourth-order valence-corrected chi connectivity index (χ4v) is 2.72. The van der Waals surface area contributed by atoms with Gasteiger partial charge in [-0.3, -0.25) is 4.79 Å². The van der Waals surface area contributed by atoms with Crippen LogP contribution in [0.3, 0.4) is 0 Å². The molecule has 2 N–H and O–H groups in total. The zero-order valence-electron chi connectivity index (χ0n) is 11.0. The SMILES string of the molecule is COc1cc(NC(=O)CC2CCCNC2)ccc1Br. The molecule has 1 fully saturated rings. The molecule has 1 aliphatic rings. The molecule has 1 aromatic carbocycles. The molecule has 1 saturated heterocycles. The Kier molecular flexibility index (Phi) is 5.22. The number of halogens is 1. The van der Waals surface area contributed by atoms with Crippen LogP contribution in [0.2, 0.25) is 0 Å². The standard InChI is InChI=1S/C14H19BrN2O2/c1-19-13-8-11(4-5-12(13)15)17-14(18)7-10-3-2-6-16-9-10/h4-5,8,10,16H,2-3,6-7,9H2,1H3,(H,17,18). The van der Waals surface area contributed by atoms with E-state index in [-0.39, 0.29) is 5.91 Å². The minimum absolute atomic E-state index is 0.0677. The highest BCUT2D eigenvalue weighted by Gasteiger charge is 2.16. The van der Waals surface area contributed by atoms with Gasteiger partial charge in [0.1, 0.15) is 5.75 Å². The fraction of sp³-hybridized carbons (Fsp3) is 0.500. The molecule has 1 unspecified atom stereocenters. The van der Waals surface area contributed by atoms with Gasteiger partial charge in [0, 0.05) is 18.2 Å². The zero-order chi connectivity index (χ0) is 13.7. The molecule has 2 rings (SSSR count). The normalized spacial score (nSPS) is 18.9. The van der Waals surface area contributed by atoms with Gasteiger partial charge in [-0.05, 0) is 59.9 Å². The predicted molar refractivity (Wildman–Crippen MR) is 79.5 cm³/mol. The van der Waals surface area contributed by atoms with Gasteiger partial charge >= 0.3 is 0 Å². The molecule has 1 aromatic rings. The van der Waals surface area contributed by atoms with Gasteiger partial charge in [-0.1, -0.05) is 0 Å². The van der Waals surface area contributed by atoms with Crippen LogP contribution in [0.15, 0.2) is 22.7 Å². The Morgan fingerprint density at radius 2 is 2.42 bits per heavy atom. The third kappa shape index (κ3) is 4.21. The van der Waals surface area contributed by atoms with Gasteiger partial charge in [0.25, 0.3) is 0 Å². The van der Waals surface area contributed by atoms with Crippen molar-refractivity contribution in [2.24, 2.45) is 5.92 Å². The highest BCUT2D eigenvalue weighted by Crippen LogP contribution is 2.28. The van der Waals surface area contributed by atoms with Crippen molar-refractivity contribution >= 4 is 27.5 Å². The Balaban J connectivity index is 1.90. The van der Waals surface area contributed by atoms with Gasteiger partial charge < -0.3 is 15.4 Å². The van der Waals surface area contributed by atoms with Crippen LogP contribution in [0.25, 0.3) is 0 Å². The maximum absolute atomic E-state index is 12.0. The number of benzene rings is 1. The largest absolute Gasteiger partial charge is 0.495 e. The van der Waals surface area contributed by atoms with Gasteiger partial charge in [-0.15, -0.1) is 0 Å². The molecule has 5 heteroatoms. The van der Waals surface area contributed by atoms with E-state index in [1.54, 1.807) is 7.11 Å². The Labute approximate surface area is 122 Å². The minimum atomic E-state index is 0.0677. The van der Waals surface area contributed by atoms with E-state index >= 15 is 0 Å². The van der Waals surface area contributed by atoms with Crippen molar-refractivity contribution in [1.29, 1.82) is 0 Å². The fourth-order valence-electron chi connectivity index (χ4n) is 2.31. The van der Waals surface area contributed by atoms with Crippen LogP contribution in [0.4, 0.5) is 5.69 Å². The number of hydrogen-bond donors (Lipinski definition) is 2. The first kappa shape index (κ1) is 14.3. The van der Waals surface area contributed by atoms with Crippen LogP contribution < -0.4 is 15.4 Å². The van der Waals surface area contributed by atoms with E-state index in [9.17, 15) is 4.79 Å².